The number of imidazole rings is 2. The maximum absolute atomic E-state index is 12.2. The predicted octanol–water partition coefficient (Wildman–Crippen LogP) is 3.11. The maximum atomic E-state index is 12.2. The Morgan fingerprint density at radius 2 is 1.21 bits per heavy atom. The van der Waals surface area contributed by atoms with E-state index in [0.29, 0.717) is 49.9 Å². The largest absolute Gasteiger partial charge is 0.381 e. The number of hydrogen-bond donors (Lipinski definition) is 2. The summed E-state index contributed by atoms with van der Waals surface area (Å²) < 4.78 is 9.53. The van der Waals surface area contributed by atoms with Crippen molar-refractivity contribution in [2.75, 3.05) is 50.0 Å². The molecule has 3 aliphatic heterocycles. The highest BCUT2D eigenvalue weighted by molar-refractivity contribution is 5.92. The number of rotatable bonds is 6. The van der Waals surface area contributed by atoms with Gasteiger partial charge in [0.25, 0.3) is 0 Å². The standard InChI is InChI=1S/C15H21N5O.C14H19N5O2/c16-10-19-7-6-12(8-19)15(21)18-14-9-20(11-17-14)13-4-2-1-3-5-13;15-9-18-4-1-11(7-18)14(20)17-13-8-19(10-16-13)12-2-5-21-6-3-12/h9,11-13H,1-8H2,(H,18,21);8,10-12H,1-7H2,(H,17,20)/t12-;11-/m00/s1. The van der Waals surface area contributed by atoms with Crippen molar-refractivity contribution in [3.05, 3.63) is 25.0 Å². The van der Waals surface area contributed by atoms with Gasteiger partial charge >= 0.3 is 0 Å². The number of nitrogens with zero attached hydrogens (tertiary/aromatic N) is 8. The molecule has 2 atom stereocenters. The molecule has 5 heterocycles. The molecular weight excluding hydrogens is 536 g/mol. The molecule has 224 valence electrons. The van der Waals surface area contributed by atoms with Gasteiger partial charge in [0.1, 0.15) is 0 Å². The van der Waals surface area contributed by atoms with E-state index >= 15 is 0 Å². The SMILES string of the molecule is N#CN1CC[C@H](C(=O)Nc2cn(C3CCCCC3)cn2)C1.N#CN1CC[C@H](C(=O)Nc2cn(C3CCOCC3)cn2)C1. The Kier molecular flexibility index (Phi) is 9.93. The Balaban J connectivity index is 0.000000168. The van der Waals surface area contributed by atoms with Crippen LogP contribution >= 0.6 is 0 Å². The number of anilines is 2. The first-order valence-corrected chi connectivity index (χ1v) is 15.1. The van der Waals surface area contributed by atoms with Crippen LogP contribution in [0.1, 0.15) is 69.9 Å². The van der Waals surface area contributed by atoms with Crippen molar-refractivity contribution >= 4 is 23.5 Å². The number of carbonyl (C=O) groups excluding carboxylic acids is 2. The fourth-order valence-electron chi connectivity index (χ4n) is 6.15. The lowest BCUT2D eigenvalue weighted by molar-refractivity contribution is -0.120. The van der Waals surface area contributed by atoms with Crippen LogP contribution in [0, 0.1) is 34.7 Å². The number of aromatic nitrogens is 4. The summed E-state index contributed by atoms with van der Waals surface area (Å²) in [4.78, 5) is 36.1. The molecule has 13 nitrogen and oxygen atoms in total. The average Bonchev–Trinajstić information content (AvgIpc) is 3.85. The molecule has 0 aromatic carbocycles. The smallest absolute Gasteiger partial charge is 0.230 e. The summed E-state index contributed by atoms with van der Waals surface area (Å²) in [6, 6.07) is 0.926. The van der Waals surface area contributed by atoms with Crippen LogP contribution in [0.25, 0.3) is 0 Å². The molecule has 13 heteroatoms. The van der Waals surface area contributed by atoms with E-state index in [0.717, 1.165) is 38.9 Å². The normalized spacial score (nSPS) is 23.0. The van der Waals surface area contributed by atoms with E-state index in [-0.39, 0.29) is 23.7 Å². The van der Waals surface area contributed by atoms with E-state index in [1.807, 2.05) is 23.3 Å². The molecule has 2 amide bonds. The number of likely N-dealkylation sites (tertiary alicyclic amines) is 2. The third-order valence-corrected chi connectivity index (χ3v) is 8.72. The van der Waals surface area contributed by atoms with Gasteiger partial charge in [0, 0.05) is 63.9 Å². The van der Waals surface area contributed by atoms with Crippen molar-refractivity contribution in [2.24, 2.45) is 11.8 Å². The molecule has 4 fully saturated rings. The molecule has 42 heavy (non-hydrogen) atoms. The minimum Gasteiger partial charge on any atom is -0.381 e. The third kappa shape index (κ3) is 7.59. The molecule has 0 bridgehead atoms. The molecule has 1 saturated carbocycles. The molecule has 0 spiro atoms. The first-order chi connectivity index (χ1) is 20.5. The van der Waals surface area contributed by atoms with Crippen LogP contribution in [0.5, 0.6) is 0 Å². The first-order valence-electron chi connectivity index (χ1n) is 15.1. The van der Waals surface area contributed by atoms with Crippen LogP contribution in [0.15, 0.2) is 25.0 Å². The van der Waals surface area contributed by atoms with Crippen LogP contribution < -0.4 is 10.6 Å². The van der Waals surface area contributed by atoms with Crippen molar-refractivity contribution in [1.82, 2.24) is 28.9 Å². The topological polar surface area (TPSA) is 157 Å². The van der Waals surface area contributed by atoms with Gasteiger partial charge in [-0.3, -0.25) is 9.59 Å². The van der Waals surface area contributed by atoms with Gasteiger partial charge in [-0.1, -0.05) is 19.3 Å². The van der Waals surface area contributed by atoms with Crippen molar-refractivity contribution in [2.45, 2.75) is 69.9 Å². The molecular formula is C29H40N10O3. The summed E-state index contributed by atoms with van der Waals surface area (Å²) in [6.07, 6.45) is 21.3. The van der Waals surface area contributed by atoms with Gasteiger partial charge in [-0.25, -0.2) is 9.97 Å². The van der Waals surface area contributed by atoms with Crippen LogP contribution in [0.3, 0.4) is 0 Å². The van der Waals surface area contributed by atoms with Gasteiger partial charge in [-0.15, -0.1) is 0 Å². The van der Waals surface area contributed by atoms with Crippen molar-refractivity contribution in [1.29, 1.82) is 10.5 Å². The lowest BCUT2D eigenvalue weighted by Crippen LogP contribution is -2.25. The summed E-state index contributed by atoms with van der Waals surface area (Å²) in [7, 11) is 0. The van der Waals surface area contributed by atoms with Gasteiger partial charge in [-0.05, 0) is 38.5 Å². The van der Waals surface area contributed by atoms with E-state index in [1.165, 1.54) is 32.1 Å². The average molecular weight is 577 g/mol. The number of nitriles is 2. The molecule has 2 N–H and O–H groups in total. The highest BCUT2D eigenvalue weighted by Gasteiger charge is 2.29. The molecule has 2 aromatic rings. The molecule has 2 aromatic heterocycles. The monoisotopic (exact) mass is 576 g/mol. The highest BCUT2D eigenvalue weighted by atomic mass is 16.5. The number of ether oxygens (including phenoxy) is 1. The molecule has 3 saturated heterocycles. The summed E-state index contributed by atoms with van der Waals surface area (Å²) in [5, 5.41) is 23.4. The van der Waals surface area contributed by atoms with Crippen LogP contribution in [-0.4, -0.2) is 80.1 Å². The van der Waals surface area contributed by atoms with E-state index in [4.69, 9.17) is 15.3 Å². The summed E-state index contributed by atoms with van der Waals surface area (Å²) in [5.74, 6) is 0.900. The van der Waals surface area contributed by atoms with Gasteiger partial charge in [0.15, 0.2) is 24.0 Å². The second-order valence-electron chi connectivity index (χ2n) is 11.6. The Labute approximate surface area is 246 Å². The molecule has 4 aliphatic rings. The zero-order valence-corrected chi connectivity index (χ0v) is 24.0. The van der Waals surface area contributed by atoms with Crippen LogP contribution in [0.4, 0.5) is 11.6 Å². The second kappa shape index (κ2) is 14.2. The minimum atomic E-state index is -0.127. The summed E-state index contributed by atoms with van der Waals surface area (Å²) >= 11 is 0. The zero-order valence-electron chi connectivity index (χ0n) is 24.0. The predicted molar refractivity (Wildman–Crippen MR) is 154 cm³/mol. The first kappa shape index (κ1) is 29.4. The van der Waals surface area contributed by atoms with E-state index in [9.17, 15) is 9.59 Å². The van der Waals surface area contributed by atoms with Crippen molar-refractivity contribution in [3.63, 3.8) is 0 Å². The Bertz CT molecular complexity index is 1180. The zero-order chi connectivity index (χ0) is 29.3. The van der Waals surface area contributed by atoms with Gasteiger partial charge in [0.05, 0.1) is 24.5 Å². The van der Waals surface area contributed by atoms with E-state index < -0.39 is 0 Å². The lowest BCUT2D eigenvalue weighted by atomic mass is 9.95. The molecule has 0 radical (unpaired) electrons. The Morgan fingerprint density at radius 1 is 0.738 bits per heavy atom. The number of hydrogen-bond acceptors (Lipinski definition) is 9. The summed E-state index contributed by atoms with van der Waals surface area (Å²) in [6.45, 7) is 3.90. The fourth-order valence-corrected chi connectivity index (χ4v) is 6.15. The van der Waals surface area contributed by atoms with Crippen molar-refractivity contribution < 1.29 is 14.3 Å². The third-order valence-electron chi connectivity index (χ3n) is 8.72. The fraction of sp³-hybridized carbons (Fsp3) is 0.655. The second-order valence-corrected chi connectivity index (χ2v) is 11.6. The summed E-state index contributed by atoms with van der Waals surface area (Å²) in [5.41, 5.74) is 0. The quantitative estimate of drug-likeness (QED) is 0.493. The van der Waals surface area contributed by atoms with Gasteiger partial charge < -0.3 is 34.3 Å². The number of nitrogens with one attached hydrogen (secondary N) is 2. The highest BCUT2D eigenvalue weighted by Crippen LogP contribution is 2.29. The Hall–Kier alpha value is -4.10. The molecule has 0 unspecified atom stereocenters. The number of carbonyl (C=O) groups is 2. The van der Waals surface area contributed by atoms with Gasteiger partial charge in [0.2, 0.25) is 11.8 Å². The van der Waals surface area contributed by atoms with E-state index in [1.54, 1.807) is 16.1 Å². The maximum Gasteiger partial charge on any atom is 0.230 e. The Morgan fingerprint density at radius 3 is 1.67 bits per heavy atom. The van der Waals surface area contributed by atoms with Crippen molar-refractivity contribution in [3.8, 4) is 12.4 Å². The molecule has 1 aliphatic carbocycles. The van der Waals surface area contributed by atoms with E-state index in [2.05, 4.69) is 37.6 Å². The van der Waals surface area contributed by atoms with Gasteiger partial charge in [-0.2, -0.15) is 10.5 Å². The molecule has 6 rings (SSSR count). The number of amides is 2. The lowest BCUT2D eigenvalue weighted by Gasteiger charge is -2.22. The minimum absolute atomic E-state index is 0.0263. The van der Waals surface area contributed by atoms with Crippen LogP contribution in [-0.2, 0) is 14.3 Å². The van der Waals surface area contributed by atoms with Crippen LogP contribution in [0.2, 0.25) is 0 Å².